The summed E-state index contributed by atoms with van der Waals surface area (Å²) in [5.41, 5.74) is 0. The molecular weight excluding hydrogens is 138 g/mol. The first-order valence-electron chi connectivity index (χ1n) is 4.11. The van der Waals surface area contributed by atoms with Crippen LogP contribution in [-0.4, -0.2) is 36.2 Å². The molecule has 2 heteroatoms. The van der Waals surface area contributed by atoms with Crippen molar-refractivity contribution in [2.45, 2.75) is 19.8 Å². The Morgan fingerprint density at radius 1 is 1.36 bits per heavy atom. The van der Waals surface area contributed by atoms with Crippen molar-refractivity contribution < 1.29 is 5.11 Å². The highest BCUT2D eigenvalue weighted by atomic mass is 16.3. The van der Waals surface area contributed by atoms with Crippen LogP contribution in [-0.2, 0) is 0 Å². The van der Waals surface area contributed by atoms with Crippen molar-refractivity contribution >= 4 is 0 Å². The Kier molecular flexibility index (Phi) is 7.23. The van der Waals surface area contributed by atoms with E-state index >= 15 is 0 Å². The number of rotatable bonds is 6. The Morgan fingerprint density at radius 2 is 2.09 bits per heavy atom. The van der Waals surface area contributed by atoms with Gasteiger partial charge in [0, 0.05) is 19.5 Å². The van der Waals surface area contributed by atoms with Gasteiger partial charge < -0.3 is 10.0 Å². The summed E-state index contributed by atoms with van der Waals surface area (Å²) in [7, 11) is 0. The van der Waals surface area contributed by atoms with Gasteiger partial charge in [-0.05, 0) is 13.0 Å². The number of nitrogens with zero attached hydrogens (tertiary/aromatic N) is 1. The maximum atomic E-state index is 8.67. The first-order valence-corrected chi connectivity index (χ1v) is 4.11. The Balaban J connectivity index is 3.44. The summed E-state index contributed by atoms with van der Waals surface area (Å²) in [5.74, 6) is 2.59. The lowest BCUT2D eigenvalue weighted by atomic mass is 10.3. The summed E-state index contributed by atoms with van der Waals surface area (Å²) in [6.45, 7) is 5.04. The summed E-state index contributed by atoms with van der Waals surface area (Å²) in [6, 6.07) is 0. The van der Waals surface area contributed by atoms with Crippen LogP contribution >= 0.6 is 0 Å². The summed E-state index contributed by atoms with van der Waals surface area (Å²) < 4.78 is 0. The van der Waals surface area contributed by atoms with E-state index in [0.29, 0.717) is 0 Å². The minimum Gasteiger partial charge on any atom is -0.395 e. The minimum absolute atomic E-state index is 0.227. The van der Waals surface area contributed by atoms with Crippen molar-refractivity contribution in [1.82, 2.24) is 4.90 Å². The van der Waals surface area contributed by atoms with E-state index in [1.54, 1.807) is 0 Å². The van der Waals surface area contributed by atoms with Crippen molar-refractivity contribution in [1.29, 1.82) is 0 Å². The third-order valence-corrected chi connectivity index (χ3v) is 1.53. The molecule has 0 bridgehead atoms. The van der Waals surface area contributed by atoms with Gasteiger partial charge in [0.05, 0.1) is 6.61 Å². The molecule has 0 atom stereocenters. The van der Waals surface area contributed by atoms with Crippen LogP contribution in [0.15, 0.2) is 0 Å². The fourth-order valence-electron chi connectivity index (χ4n) is 1.02. The summed E-state index contributed by atoms with van der Waals surface area (Å²) in [6.07, 6.45) is 7.02. The molecule has 0 heterocycles. The number of aliphatic hydroxyl groups excluding tert-OH is 1. The number of hydrogen-bond donors (Lipinski definition) is 1. The Bertz CT molecular complexity index is 111. The lowest BCUT2D eigenvalue weighted by molar-refractivity contribution is 0.199. The monoisotopic (exact) mass is 155 g/mol. The highest BCUT2D eigenvalue weighted by molar-refractivity contribution is 4.84. The summed E-state index contributed by atoms with van der Waals surface area (Å²) >= 11 is 0. The van der Waals surface area contributed by atoms with Crippen LogP contribution in [0.25, 0.3) is 0 Å². The smallest absolute Gasteiger partial charge is 0.0558 e. The van der Waals surface area contributed by atoms with Crippen molar-refractivity contribution in [3.8, 4) is 12.3 Å². The van der Waals surface area contributed by atoms with Gasteiger partial charge in [-0.25, -0.2) is 0 Å². The van der Waals surface area contributed by atoms with Gasteiger partial charge in [0.25, 0.3) is 0 Å². The highest BCUT2D eigenvalue weighted by Gasteiger charge is 1.99. The molecule has 2 nitrogen and oxygen atoms in total. The Morgan fingerprint density at radius 3 is 2.55 bits per heavy atom. The first kappa shape index (κ1) is 10.5. The lowest BCUT2D eigenvalue weighted by Crippen LogP contribution is -2.28. The first-order chi connectivity index (χ1) is 5.35. The quantitative estimate of drug-likeness (QED) is 0.571. The molecule has 0 saturated heterocycles. The van der Waals surface area contributed by atoms with Gasteiger partial charge in [-0.3, -0.25) is 0 Å². The molecule has 1 N–H and O–H groups in total. The van der Waals surface area contributed by atoms with Gasteiger partial charge in [0.1, 0.15) is 0 Å². The normalized spacial score (nSPS) is 10.0. The van der Waals surface area contributed by atoms with E-state index in [0.717, 1.165) is 32.5 Å². The van der Waals surface area contributed by atoms with Crippen LogP contribution in [0.3, 0.4) is 0 Å². The lowest BCUT2D eigenvalue weighted by Gasteiger charge is -2.18. The molecule has 0 saturated carbocycles. The third-order valence-electron chi connectivity index (χ3n) is 1.53. The zero-order valence-corrected chi connectivity index (χ0v) is 7.21. The molecule has 0 aliphatic carbocycles. The SMILES string of the molecule is C#CCCN(CCC)CCO. The van der Waals surface area contributed by atoms with Crippen LogP contribution in [0, 0.1) is 12.3 Å². The van der Waals surface area contributed by atoms with Gasteiger partial charge in [0.15, 0.2) is 0 Å². The van der Waals surface area contributed by atoms with Gasteiger partial charge in [-0.2, -0.15) is 0 Å². The predicted octanol–water partition coefficient (Wildman–Crippen LogP) is 0.714. The molecule has 0 rings (SSSR count). The molecule has 0 aliphatic rings. The van der Waals surface area contributed by atoms with Crippen LogP contribution in [0.1, 0.15) is 19.8 Å². The van der Waals surface area contributed by atoms with E-state index in [1.807, 2.05) is 0 Å². The largest absolute Gasteiger partial charge is 0.395 e. The van der Waals surface area contributed by atoms with E-state index in [-0.39, 0.29) is 6.61 Å². The average molecular weight is 155 g/mol. The van der Waals surface area contributed by atoms with E-state index in [4.69, 9.17) is 11.5 Å². The average Bonchev–Trinajstić information content (AvgIpc) is 2.01. The number of hydrogen-bond acceptors (Lipinski definition) is 2. The van der Waals surface area contributed by atoms with E-state index < -0.39 is 0 Å². The van der Waals surface area contributed by atoms with Crippen LogP contribution in [0.5, 0.6) is 0 Å². The minimum atomic E-state index is 0.227. The maximum Gasteiger partial charge on any atom is 0.0558 e. The van der Waals surface area contributed by atoms with Crippen molar-refractivity contribution in [3.05, 3.63) is 0 Å². The van der Waals surface area contributed by atoms with Crippen LogP contribution in [0.4, 0.5) is 0 Å². The Hall–Kier alpha value is -0.520. The zero-order valence-electron chi connectivity index (χ0n) is 7.21. The molecule has 11 heavy (non-hydrogen) atoms. The van der Waals surface area contributed by atoms with Crippen molar-refractivity contribution in [3.63, 3.8) is 0 Å². The fraction of sp³-hybridized carbons (Fsp3) is 0.778. The molecular formula is C9H17NO. The van der Waals surface area contributed by atoms with Gasteiger partial charge in [0.2, 0.25) is 0 Å². The second kappa shape index (κ2) is 7.59. The number of terminal acetylenes is 1. The number of aliphatic hydroxyl groups is 1. The Labute approximate surface area is 69.2 Å². The molecule has 0 radical (unpaired) electrons. The fourth-order valence-corrected chi connectivity index (χ4v) is 1.02. The molecule has 0 aliphatic heterocycles. The molecule has 64 valence electrons. The maximum absolute atomic E-state index is 8.67. The van der Waals surface area contributed by atoms with Crippen molar-refractivity contribution in [2.24, 2.45) is 0 Å². The van der Waals surface area contributed by atoms with Gasteiger partial charge in [-0.1, -0.05) is 6.92 Å². The molecule has 0 aromatic heterocycles. The van der Waals surface area contributed by atoms with E-state index in [1.165, 1.54) is 0 Å². The van der Waals surface area contributed by atoms with Gasteiger partial charge in [-0.15, -0.1) is 12.3 Å². The zero-order chi connectivity index (χ0) is 8.53. The topological polar surface area (TPSA) is 23.5 Å². The molecule has 0 unspecified atom stereocenters. The predicted molar refractivity (Wildman–Crippen MR) is 47.3 cm³/mol. The third kappa shape index (κ3) is 5.90. The highest BCUT2D eigenvalue weighted by Crippen LogP contribution is 1.92. The van der Waals surface area contributed by atoms with E-state index in [9.17, 15) is 0 Å². The molecule has 0 fully saturated rings. The molecule has 0 aromatic carbocycles. The molecule has 0 amide bonds. The molecule has 0 aromatic rings. The van der Waals surface area contributed by atoms with Crippen LogP contribution < -0.4 is 0 Å². The standard InChI is InChI=1S/C9H17NO/c1-3-5-7-10(6-4-2)8-9-11/h1,11H,4-9H2,2H3. The second-order valence-electron chi connectivity index (χ2n) is 2.52. The van der Waals surface area contributed by atoms with Gasteiger partial charge >= 0.3 is 0 Å². The summed E-state index contributed by atoms with van der Waals surface area (Å²) in [5, 5.41) is 8.67. The van der Waals surface area contributed by atoms with Crippen molar-refractivity contribution in [2.75, 3.05) is 26.2 Å². The summed E-state index contributed by atoms with van der Waals surface area (Å²) in [4.78, 5) is 2.18. The van der Waals surface area contributed by atoms with Crippen LogP contribution in [0.2, 0.25) is 0 Å². The molecule has 0 spiro atoms. The second-order valence-corrected chi connectivity index (χ2v) is 2.52. The van der Waals surface area contributed by atoms with E-state index in [2.05, 4.69) is 17.7 Å².